The van der Waals surface area contributed by atoms with E-state index < -0.39 is 11.7 Å². The van der Waals surface area contributed by atoms with Gasteiger partial charge < -0.3 is 10.1 Å². The predicted octanol–water partition coefficient (Wildman–Crippen LogP) is 2.96. The van der Waals surface area contributed by atoms with Gasteiger partial charge >= 0.3 is 0 Å². The quantitative estimate of drug-likeness (QED) is 0.777. The van der Waals surface area contributed by atoms with Crippen LogP contribution >= 0.6 is 0 Å². The Bertz CT molecular complexity index is 814. The van der Waals surface area contributed by atoms with Gasteiger partial charge in [0.2, 0.25) is 0 Å². The molecule has 2 aromatic carbocycles. The van der Waals surface area contributed by atoms with E-state index in [1.807, 2.05) is 0 Å². The number of nitrogens with one attached hydrogen (secondary N) is 2. The third-order valence-electron chi connectivity index (χ3n) is 3.10. The molecular weight excluding hydrogens is 273 g/mol. The molecule has 3 aromatic rings. The summed E-state index contributed by atoms with van der Waals surface area (Å²) in [5, 5.41) is 10.3. The summed E-state index contributed by atoms with van der Waals surface area (Å²) in [7, 11) is 1.43. The van der Waals surface area contributed by atoms with Gasteiger partial charge in [-0.25, -0.2) is 4.39 Å². The van der Waals surface area contributed by atoms with Crippen LogP contribution in [-0.2, 0) is 0 Å². The van der Waals surface area contributed by atoms with Crippen LogP contribution in [0.15, 0.2) is 42.6 Å². The van der Waals surface area contributed by atoms with E-state index >= 15 is 0 Å². The highest BCUT2D eigenvalue weighted by atomic mass is 19.1. The summed E-state index contributed by atoms with van der Waals surface area (Å²) in [6, 6.07) is 9.13. The van der Waals surface area contributed by atoms with E-state index in [-0.39, 0.29) is 5.56 Å². The van der Waals surface area contributed by atoms with Crippen molar-refractivity contribution in [2.45, 2.75) is 0 Å². The second-order valence-corrected chi connectivity index (χ2v) is 4.47. The lowest BCUT2D eigenvalue weighted by atomic mass is 10.1. The van der Waals surface area contributed by atoms with Gasteiger partial charge in [-0.3, -0.25) is 9.89 Å². The number of halogens is 1. The van der Waals surface area contributed by atoms with Crippen LogP contribution in [0.1, 0.15) is 10.4 Å². The number of hydrogen-bond donors (Lipinski definition) is 2. The van der Waals surface area contributed by atoms with E-state index in [1.165, 1.54) is 19.2 Å². The van der Waals surface area contributed by atoms with Gasteiger partial charge in [-0.1, -0.05) is 0 Å². The number of carbonyl (C=O) groups is 1. The van der Waals surface area contributed by atoms with Gasteiger partial charge in [-0.15, -0.1) is 0 Å². The number of carbonyl (C=O) groups excluding carboxylic acids is 1. The minimum atomic E-state index is -0.494. The van der Waals surface area contributed by atoms with Crippen molar-refractivity contribution in [2.24, 2.45) is 0 Å². The monoisotopic (exact) mass is 285 g/mol. The van der Waals surface area contributed by atoms with Crippen LogP contribution in [0.5, 0.6) is 5.75 Å². The van der Waals surface area contributed by atoms with Gasteiger partial charge in [0.25, 0.3) is 5.91 Å². The molecule has 1 heterocycles. The second kappa shape index (κ2) is 5.24. The van der Waals surface area contributed by atoms with Gasteiger partial charge in [0.05, 0.1) is 24.4 Å². The summed E-state index contributed by atoms with van der Waals surface area (Å²) in [5.74, 6) is -0.612. The van der Waals surface area contributed by atoms with Gasteiger partial charge in [-0.2, -0.15) is 5.10 Å². The summed E-state index contributed by atoms with van der Waals surface area (Å²) in [6.45, 7) is 0. The molecule has 0 saturated carbocycles. The maximum Gasteiger partial charge on any atom is 0.259 e. The molecule has 106 valence electrons. The Hall–Kier alpha value is -2.89. The SMILES string of the molecule is COc1ccc(F)cc1C(=O)Nc1ccc2[nH]ncc2c1. The molecule has 21 heavy (non-hydrogen) atoms. The van der Waals surface area contributed by atoms with E-state index in [9.17, 15) is 9.18 Å². The van der Waals surface area contributed by atoms with Crippen molar-refractivity contribution in [1.82, 2.24) is 10.2 Å². The summed E-state index contributed by atoms with van der Waals surface area (Å²) >= 11 is 0. The number of methoxy groups -OCH3 is 1. The van der Waals surface area contributed by atoms with Crippen LogP contribution in [0.2, 0.25) is 0 Å². The van der Waals surface area contributed by atoms with E-state index in [0.717, 1.165) is 17.0 Å². The Morgan fingerprint density at radius 1 is 1.29 bits per heavy atom. The van der Waals surface area contributed by atoms with Crippen molar-refractivity contribution >= 4 is 22.5 Å². The molecule has 0 atom stereocenters. The van der Waals surface area contributed by atoms with Crippen LogP contribution in [-0.4, -0.2) is 23.2 Å². The van der Waals surface area contributed by atoms with Crippen molar-refractivity contribution in [3.63, 3.8) is 0 Å². The molecule has 0 aliphatic rings. The molecule has 1 aromatic heterocycles. The number of fused-ring (bicyclic) bond motifs is 1. The molecule has 0 spiro atoms. The highest BCUT2D eigenvalue weighted by molar-refractivity contribution is 6.06. The van der Waals surface area contributed by atoms with Crippen LogP contribution in [0.3, 0.4) is 0 Å². The Kier molecular flexibility index (Phi) is 3.27. The first-order chi connectivity index (χ1) is 10.2. The Morgan fingerprint density at radius 2 is 2.14 bits per heavy atom. The lowest BCUT2D eigenvalue weighted by Crippen LogP contribution is -2.13. The molecule has 2 N–H and O–H groups in total. The first kappa shape index (κ1) is 13.1. The maximum absolute atomic E-state index is 13.3. The fraction of sp³-hybridized carbons (Fsp3) is 0.0667. The summed E-state index contributed by atoms with van der Waals surface area (Å²) in [4.78, 5) is 12.2. The standard InChI is InChI=1S/C15H12FN3O2/c1-21-14-5-2-10(16)7-12(14)15(20)18-11-3-4-13-9(6-11)8-17-19-13/h2-8H,1H3,(H,17,19)(H,18,20). The van der Waals surface area contributed by atoms with Crippen molar-refractivity contribution in [3.05, 3.63) is 54.0 Å². The highest BCUT2D eigenvalue weighted by Crippen LogP contribution is 2.22. The average molecular weight is 285 g/mol. The van der Waals surface area contributed by atoms with Crippen molar-refractivity contribution in [2.75, 3.05) is 12.4 Å². The van der Waals surface area contributed by atoms with Crippen LogP contribution in [0.4, 0.5) is 10.1 Å². The number of nitrogens with zero attached hydrogens (tertiary/aromatic N) is 1. The zero-order valence-electron chi connectivity index (χ0n) is 11.2. The number of hydrogen-bond acceptors (Lipinski definition) is 3. The fourth-order valence-corrected chi connectivity index (χ4v) is 2.08. The Morgan fingerprint density at radius 3 is 2.95 bits per heavy atom. The van der Waals surface area contributed by atoms with Crippen LogP contribution < -0.4 is 10.1 Å². The van der Waals surface area contributed by atoms with Gasteiger partial charge in [0, 0.05) is 11.1 Å². The minimum Gasteiger partial charge on any atom is -0.496 e. The highest BCUT2D eigenvalue weighted by Gasteiger charge is 2.14. The van der Waals surface area contributed by atoms with Gasteiger partial charge in [0.1, 0.15) is 11.6 Å². The van der Waals surface area contributed by atoms with Crippen LogP contribution in [0, 0.1) is 5.82 Å². The number of benzene rings is 2. The average Bonchev–Trinajstić information content (AvgIpc) is 2.94. The largest absolute Gasteiger partial charge is 0.496 e. The molecule has 0 fully saturated rings. The molecule has 0 bridgehead atoms. The maximum atomic E-state index is 13.3. The fourth-order valence-electron chi connectivity index (χ4n) is 2.08. The zero-order chi connectivity index (χ0) is 14.8. The number of amides is 1. The number of ether oxygens (including phenoxy) is 1. The van der Waals surface area contributed by atoms with Crippen molar-refractivity contribution in [1.29, 1.82) is 0 Å². The molecule has 0 aliphatic carbocycles. The molecule has 6 heteroatoms. The number of H-pyrrole nitrogens is 1. The third-order valence-corrected chi connectivity index (χ3v) is 3.10. The molecule has 0 unspecified atom stereocenters. The van der Waals surface area contributed by atoms with E-state index in [2.05, 4.69) is 15.5 Å². The molecule has 0 aliphatic heterocycles. The van der Waals surface area contributed by atoms with E-state index in [0.29, 0.717) is 11.4 Å². The number of aromatic nitrogens is 2. The number of aromatic amines is 1. The van der Waals surface area contributed by atoms with E-state index in [4.69, 9.17) is 4.74 Å². The van der Waals surface area contributed by atoms with Gasteiger partial charge in [0.15, 0.2) is 0 Å². The van der Waals surface area contributed by atoms with Gasteiger partial charge in [-0.05, 0) is 36.4 Å². The van der Waals surface area contributed by atoms with Crippen molar-refractivity contribution < 1.29 is 13.9 Å². The third kappa shape index (κ3) is 2.55. The predicted molar refractivity (Wildman–Crippen MR) is 77.0 cm³/mol. The lowest BCUT2D eigenvalue weighted by molar-refractivity contribution is 0.102. The number of anilines is 1. The normalized spacial score (nSPS) is 10.6. The molecule has 3 rings (SSSR count). The second-order valence-electron chi connectivity index (χ2n) is 4.47. The first-order valence-corrected chi connectivity index (χ1v) is 6.25. The molecule has 0 saturated heterocycles. The number of rotatable bonds is 3. The molecular formula is C15H12FN3O2. The molecule has 0 radical (unpaired) electrons. The Balaban J connectivity index is 1.90. The Labute approximate surface area is 119 Å². The summed E-state index contributed by atoms with van der Waals surface area (Å²) in [6.07, 6.45) is 1.66. The van der Waals surface area contributed by atoms with Crippen LogP contribution in [0.25, 0.3) is 10.9 Å². The summed E-state index contributed by atoms with van der Waals surface area (Å²) < 4.78 is 18.4. The lowest BCUT2D eigenvalue weighted by Gasteiger charge is -2.09. The van der Waals surface area contributed by atoms with E-state index in [1.54, 1.807) is 24.4 Å². The smallest absolute Gasteiger partial charge is 0.259 e. The zero-order valence-corrected chi connectivity index (χ0v) is 11.2. The first-order valence-electron chi connectivity index (χ1n) is 6.25. The van der Waals surface area contributed by atoms with Crippen molar-refractivity contribution in [3.8, 4) is 5.75 Å². The molecule has 5 nitrogen and oxygen atoms in total. The minimum absolute atomic E-state index is 0.143. The topological polar surface area (TPSA) is 67.0 Å². The molecule has 1 amide bonds. The summed E-state index contributed by atoms with van der Waals surface area (Å²) in [5.41, 5.74) is 1.61.